The molecule has 38 heavy (non-hydrogen) atoms. The normalized spacial score (nSPS) is 22.2. The van der Waals surface area contributed by atoms with Crippen LogP contribution in [0.15, 0.2) is 91.0 Å². The predicted molar refractivity (Wildman–Crippen MR) is 160 cm³/mol. The number of hydrogen-bond acceptors (Lipinski definition) is 4. The highest BCUT2D eigenvalue weighted by Gasteiger charge is 2.37. The van der Waals surface area contributed by atoms with Crippen LogP contribution >= 0.6 is 11.3 Å². The van der Waals surface area contributed by atoms with Crippen molar-refractivity contribution in [2.24, 2.45) is 5.92 Å². The van der Waals surface area contributed by atoms with E-state index in [-0.39, 0.29) is 0 Å². The van der Waals surface area contributed by atoms with E-state index in [4.69, 9.17) is 0 Å². The second kappa shape index (κ2) is 11.7. The molecule has 2 aliphatic heterocycles. The molecule has 3 nitrogen and oxygen atoms in total. The number of rotatable bonds is 9. The molecule has 3 heterocycles. The Hall–Kier alpha value is -2.50. The minimum absolute atomic E-state index is 0.493. The van der Waals surface area contributed by atoms with Crippen molar-refractivity contribution in [2.75, 3.05) is 32.7 Å². The molecule has 2 fully saturated rings. The lowest BCUT2D eigenvalue weighted by Gasteiger charge is -2.40. The van der Waals surface area contributed by atoms with Gasteiger partial charge in [0.05, 0.1) is 5.60 Å². The highest BCUT2D eigenvalue weighted by atomic mass is 32.1. The number of nitrogens with zero attached hydrogens (tertiary/aromatic N) is 2. The molecule has 1 N–H and O–H groups in total. The molecule has 1 aromatic heterocycles. The first-order chi connectivity index (χ1) is 18.6. The highest BCUT2D eigenvalue weighted by Crippen LogP contribution is 2.37. The van der Waals surface area contributed by atoms with E-state index in [0.717, 1.165) is 71.4 Å². The van der Waals surface area contributed by atoms with Crippen molar-refractivity contribution in [1.29, 1.82) is 0 Å². The second-order valence-electron chi connectivity index (χ2n) is 11.6. The van der Waals surface area contributed by atoms with Crippen LogP contribution < -0.4 is 0 Å². The van der Waals surface area contributed by atoms with Crippen LogP contribution in [0, 0.1) is 5.92 Å². The lowest BCUT2D eigenvalue weighted by molar-refractivity contribution is -0.0316. The molecule has 4 aromatic rings. The van der Waals surface area contributed by atoms with Crippen LogP contribution in [0.1, 0.15) is 47.6 Å². The maximum absolute atomic E-state index is 11.3. The molecule has 2 saturated heterocycles. The number of likely N-dealkylation sites (tertiary alicyclic amines) is 2. The summed E-state index contributed by atoms with van der Waals surface area (Å²) in [6.45, 7) is 6.46. The number of benzene rings is 3. The number of aliphatic hydroxyl groups is 1. The van der Waals surface area contributed by atoms with E-state index in [1.165, 1.54) is 26.1 Å². The summed E-state index contributed by atoms with van der Waals surface area (Å²) in [7, 11) is 0. The second-order valence-corrected chi connectivity index (χ2v) is 12.8. The third-order valence-corrected chi connectivity index (χ3v) is 9.93. The van der Waals surface area contributed by atoms with Crippen LogP contribution in [0.3, 0.4) is 0 Å². The zero-order chi connectivity index (χ0) is 25.8. The average molecular weight is 525 g/mol. The van der Waals surface area contributed by atoms with Crippen molar-refractivity contribution in [3.63, 3.8) is 0 Å². The summed E-state index contributed by atoms with van der Waals surface area (Å²) in [5, 5.41) is 12.7. The molecule has 0 bridgehead atoms. The van der Waals surface area contributed by atoms with Crippen molar-refractivity contribution in [1.82, 2.24) is 9.80 Å². The van der Waals surface area contributed by atoms with E-state index in [2.05, 4.69) is 101 Å². The third kappa shape index (κ3) is 6.21. The molecule has 0 spiro atoms. The summed E-state index contributed by atoms with van der Waals surface area (Å²) < 4.78 is 1.39. The molecular formula is C34H40N2OS. The number of fused-ring (bicyclic) bond motifs is 1. The molecule has 0 amide bonds. The SMILES string of the molecule is OC1(CCCc2ccccc2)CCN(C[C@H]2CN(Cc3cc4ccccc4s3)C[C@@H]2c2ccccc2)CC1. The summed E-state index contributed by atoms with van der Waals surface area (Å²) in [4.78, 5) is 6.78. The summed E-state index contributed by atoms with van der Waals surface area (Å²) in [6.07, 6.45) is 4.83. The van der Waals surface area contributed by atoms with Crippen LogP contribution in [-0.2, 0) is 13.0 Å². The zero-order valence-electron chi connectivity index (χ0n) is 22.3. The van der Waals surface area contributed by atoms with Crippen LogP contribution in [-0.4, -0.2) is 53.2 Å². The first-order valence-corrected chi connectivity index (χ1v) is 15.2. The fourth-order valence-corrected chi connectivity index (χ4v) is 7.79. The van der Waals surface area contributed by atoms with Crippen molar-refractivity contribution in [3.05, 3.63) is 107 Å². The van der Waals surface area contributed by atoms with Gasteiger partial charge < -0.3 is 10.0 Å². The maximum atomic E-state index is 11.3. The minimum atomic E-state index is -0.493. The van der Waals surface area contributed by atoms with Crippen LogP contribution in [0.5, 0.6) is 0 Å². The van der Waals surface area contributed by atoms with Gasteiger partial charge in [0, 0.05) is 54.8 Å². The Labute approximate surface area is 231 Å². The van der Waals surface area contributed by atoms with Gasteiger partial charge in [-0.3, -0.25) is 4.90 Å². The molecule has 198 valence electrons. The van der Waals surface area contributed by atoms with Gasteiger partial charge in [0.2, 0.25) is 0 Å². The number of thiophene rings is 1. The predicted octanol–water partition coefficient (Wildman–Crippen LogP) is 6.97. The molecule has 4 heteroatoms. The molecule has 6 rings (SSSR count). The van der Waals surface area contributed by atoms with Crippen LogP contribution in [0.2, 0.25) is 0 Å². The van der Waals surface area contributed by atoms with Gasteiger partial charge in [0.25, 0.3) is 0 Å². The molecule has 2 atom stereocenters. The van der Waals surface area contributed by atoms with Gasteiger partial charge in [0.15, 0.2) is 0 Å². The van der Waals surface area contributed by atoms with Crippen molar-refractivity contribution < 1.29 is 5.11 Å². The Morgan fingerprint density at radius 1 is 0.816 bits per heavy atom. The smallest absolute Gasteiger partial charge is 0.0672 e. The molecule has 3 aromatic carbocycles. The molecule has 0 aliphatic carbocycles. The zero-order valence-corrected chi connectivity index (χ0v) is 23.2. The van der Waals surface area contributed by atoms with Crippen LogP contribution in [0.25, 0.3) is 10.1 Å². The van der Waals surface area contributed by atoms with Gasteiger partial charge in [0.1, 0.15) is 0 Å². The topological polar surface area (TPSA) is 26.7 Å². The largest absolute Gasteiger partial charge is 0.390 e. The quantitative estimate of drug-likeness (QED) is 0.256. The van der Waals surface area contributed by atoms with E-state index in [1.807, 2.05) is 11.3 Å². The first kappa shape index (κ1) is 25.8. The van der Waals surface area contributed by atoms with Gasteiger partial charge in [-0.2, -0.15) is 0 Å². The third-order valence-electron chi connectivity index (χ3n) is 8.83. The summed E-state index contributed by atoms with van der Waals surface area (Å²) in [5.74, 6) is 1.19. The van der Waals surface area contributed by atoms with E-state index >= 15 is 0 Å². The van der Waals surface area contributed by atoms with E-state index < -0.39 is 5.60 Å². The van der Waals surface area contributed by atoms with E-state index in [1.54, 1.807) is 0 Å². The molecule has 2 aliphatic rings. The lowest BCUT2D eigenvalue weighted by atomic mass is 9.84. The first-order valence-electron chi connectivity index (χ1n) is 14.4. The Kier molecular flexibility index (Phi) is 7.94. The Morgan fingerprint density at radius 3 is 2.29 bits per heavy atom. The van der Waals surface area contributed by atoms with Crippen molar-refractivity contribution in [2.45, 2.75) is 50.2 Å². The number of piperidine rings is 1. The van der Waals surface area contributed by atoms with Gasteiger partial charge >= 0.3 is 0 Å². The van der Waals surface area contributed by atoms with Crippen LogP contribution in [0.4, 0.5) is 0 Å². The minimum Gasteiger partial charge on any atom is -0.390 e. The van der Waals surface area contributed by atoms with Gasteiger partial charge in [-0.05, 0) is 66.7 Å². The Balaban J connectivity index is 1.06. The summed E-state index contributed by atoms with van der Waals surface area (Å²) in [5.41, 5.74) is 2.36. The van der Waals surface area contributed by atoms with Crippen molar-refractivity contribution >= 4 is 21.4 Å². The molecule has 0 radical (unpaired) electrons. The highest BCUT2D eigenvalue weighted by molar-refractivity contribution is 7.19. The van der Waals surface area contributed by atoms with E-state index in [0.29, 0.717) is 11.8 Å². The standard InChI is InChI=1S/C34H40N2OS/c37-34(17-9-12-27-10-3-1-4-11-27)18-20-35(21-19-34)23-30-24-36(26-32(30)28-13-5-2-6-14-28)25-31-22-29-15-7-8-16-33(29)38-31/h1-8,10-11,13-16,22,30,32,37H,9,12,17-21,23-26H2/t30-,32+/m0/s1. The van der Waals surface area contributed by atoms with Crippen molar-refractivity contribution in [3.8, 4) is 0 Å². The number of hydrogen-bond donors (Lipinski definition) is 1. The Morgan fingerprint density at radius 2 is 1.53 bits per heavy atom. The Bertz CT molecular complexity index is 1260. The summed E-state index contributed by atoms with van der Waals surface area (Å²) in [6, 6.07) is 33.0. The van der Waals surface area contributed by atoms with Gasteiger partial charge in [-0.1, -0.05) is 78.9 Å². The average Bonchev–Trinajstić information content (AvgIpc) is 3.54. The number of aryl methyl sites for hydroxylation is 1. The van der Waals surface area contributed by atoms with Gasteiger partial charge in [-0.25, -0.2) is 0 Å². The van der Waals surface area contributed by atoms with Gasteiger partial charge in [-0.15, -0.1) is 11.3 Å². The fraction of sp³-hybridized carbons (Fsp3) is 0.412. The van der Waals surface area contributed by atoms with E-state index in [9.17, 15) is 5.11 Å². The summed E-state index contributed by atoms with van der Waals surface area (Å²) >= 11 is 1.94. The molecular weight excluding hydrogens is 484 g/mol. The maximum Gasteiger partial charge on any atom is 0.0672 e. The molecule has 0 saturated carbocycles. The lowest BCUT2D eigenvalue weighted by Crippen LogP contribution is -2.46. The monoisotopic (exact) mass is 524 g/mol. The molecule has 0 unspecified atom stereocenters. The fourth-order valence-electron chi connectivity index (χ4n) is 6.69.